The summed E-state index contributed by atoms with van der Waals surface area (Å²) in [4.78, 5) is 27.0. The number of alkyl halides is 6. The van der Waals surface area contributed by atoms with Crippen molar-refractivity contribution in [2.75, 3.05) is 25.6 Å². The van der Waals surface area contributed by atoms with E-state index in [0.717, 1.165) is 7.11 Å². The molecule has 1 amide bonds. The van der Waals surface area contributed by atoms with E-state index in [1.807, 2.05) is 0 Å². The first-order valence-electron chi connectivity index (χ1n) is 13.3. The zero-order chi connectivity index (χ0) is 34.3. The number of aromatic nitrogens is 3. The molecule has 0 aliphatic rings. The third kappa shape index (κ3) is 8.99. The van der Waals surface area contributed by atoms with Crippen LogP contribution in [0.4, 0.5) is 36.8 Å². The van der Waals surface area contributed by atoms with Gasteiger partial charge in [-0.05, 0) is 32.4 Å². The van der Waals surface area contributed by atoms with Crippen LogP contribution >= 0.6 is 0 Å². The standard InChI is InChI=1S/C28H30F6N4O8/c1-25(2,3)46-24(41)35-18-13-17(27(29,30)31)19(22(40)42-4)36-20(18)21-37-38-23(45-21)26(28(32,33)34,15-43-12-8-11-39)44-14-16-9-6-5-7-10-16/h5-7,9-11,13,22,40H,8,12,14-15H2,1-4H3,(H,35,41). The maximum absolute atomic E-state index is 14.8. The minimum Gasteiger partial charge on any atom is -0.444 e. The molecule has 2 unspecified atom stereocenters. The maximum Gasteiger partial charge on any atom is 0.428 e. The van der Waals surface area contributed by atoms with Crippen LogP contribution in [0.5, 0.6) is 0 Å². The smallest absolute Gasteiger partial charge is 0.428 e. The van der Waals surface area contributed by atoms with E-state index in [4.69, 9.17) is 18.6 Å². The van der Waals surface area contributed by atoms with Crippen LogP contribution in [-0.2, 0) is 42.1 Å². The molecule has 0 aliphatic heterocycles. The molecule has 2 heterocycles. The van der Waals surface area contributed by atoms with E-state index >= 15 is 0 Å². The number of halogens is 6. The minimum absolute atomic E-state index is 0.249. The van der Waals surface area contributed by atoms with Crippen LogP contribution in [0.15, 0.2) is 40.8 Å². The number of hydrogen-bond acceptors (Lipinski definition) is 11. The van der Waals surface area contributed by atoms with Crippen molar-refractivity contribution in [3.63, 3.8) is 0 Å². The Hall–Kier alpha value is -4.13. The second-order valence-corrected chi connectivity index (χ2v) is 10.5. The lowest BCUT2D eigenvalue weighted by Crippen LogP contribution is -2.49. The van der Waals surface area contributed by atoms with Crippen LogP contribution < -0.4 is 5.32 Å². The van der Waals surface area contributed by atoms with Gasteiger partial charge >= 0.3 is 18.4 Å². The van der Waals surface area contributed by atoms with E-state index in [-0.39, 0.29) is 6.42 Å². The number of ether oxygens (including phenoxy) is 4. The predicted octanol–water partition coefficient (Wildman–Crippen LogP) is 5.71. The van der Waals surface area contributed by atoms with Gasteiger partial charge in [0.25, 0.3) is 17.4 Å². The lowest BCUT2D eigenvalue weighted by Gasteiger charge is -2.32. The quantitative estimate of drug-likeness (QED) is 0.0999. The first kappa shape index (κ1) is 36.3. The highest BCUT2D eigenvalue weighted by molar-refractivity contribution is 5.89. The Morgan fingerprint density at radius 3 is 2.33 bits per heavy atom. The number of aliphatic hydroxyl groups is 1. The summed E-state index contributed by atoms with van der Waals surface area (Å²) in [6.45, 7) is 2.08. The molecule has 0 radical (unpaired) electrons. The molecule has 46 heavy (non-hydrogen) atoms. The van der Waals surface area contributed by atoms with Gasteiger partial charge in [-0.25, -0.2) is 9.78 Å². The fourth-order valence-corrected chi connectivity index (χ4v) is 3.79. The Morgan fingerprint density at radius 2 is 1.76 bits per heavy atom. The number of nitrogens with zero attached hydrogens (tertiary/aromatic N) is 3. The monoisotopic (exact) mass is 664 g/mol. The molecule has 2 aromatic heterocycles. The summed E-state index contributed by atoms with van der Waals surface area (Å²) in [7, 11) is 0.871. The summed E-state index contributed by atoms with van der Waals surface area (Å²) < 4.78 is 112. The number of carbonyl (C=O) groups is 2. The van der Waals surface area contributed by atoms with E-state index in [2.05, 4.69) is 25.2 Å². The van der Waals surface area contributed by atoms with Crippen molar-refractivity contribution < 1.29 is 64.4 Å². The number of aldehydes is 1. The molecule has 0 saturated heterocycles. The zero-order valence-electron chi connectivity index (χ0n) is 24.9. The van der Waals surface area contributed by atoms with Crippen LogP contribution in [0.25, 0.3) is 11.6 Å². The molecule has 0 fully saturated rings. The minimum atomic E-state index is -5.30. The van der Waals surface area contributed by atoms with Crippen LogP contribution in [-0.4, -0.2) is 64.8 Å². The Balaban J connectivity index is 2.21. The van der Waals surface area contributed by atoms with Crippen molar-refractivity contribution in [3.8, 4) is 11.6 Å². The first-order chi connectivity index (χ1) is 21.4. The predicted molar refractivity (Wildman–Crippen MR) is 145 cm³/mol. The molecule has 252 valence electrons. The molecule has 3 rings (SSSR count). The molecular weight excluding hydrogens is 634 g/mol. The van der Waals surface area contributed by atoms with Crippen LogP contribution in [0.1, 0.15) is 56.2 Å². The van der Waals surface area contributed by atoms with Gasteiger partial charge in [-0.3, -0.25) is 5.32 Å². The van der Waals surface area contributed by atoms with Gasteiger partial charge < -0.3 is 33.3 Å². The van der Waals surface area contributed by atoms with Crippen molar-refractivity contribution in [2.24, 2.45) is 0 Å². The van der Waals surface area contributed by atoms with E-state index in [1.54, 1.807) is 18.2 Å². The van der Waals surface area contributed by atoms with E-state index < -0.39 is 90.2 Å². The van der Waals surface area contributed by atoms with E-state index in [1.165, 1.54) is 32.9 Å². The number of nitrogens with one attached hydrogen (secondary N) is 1. The fourth-order valence-electron chi connectivity index (χ4n) is 3.79. The van der Waals surface area contributed by atoms with Crippen molar-refractivity contribution in [3.05, 3.63) is 59.1 Å². The number of methoxy groups -OCH3 is 1. The first-order valence-corrected chi connectivity index (χ1v) is 13.3. The van der Waals surface area contributed by atoms with Crippen molar-refractivity contribution in [2.45, 2.75) is 63.6 Å². The van der Waals surface area contributed by atoms with Crippen molar-refractivity contribution in [1.29, 1.82) is 0 Å². The average Bonchev–Trinajstić information content (AvgIpc) is 3.45. The van der Waals surface area contributed by atoms with Crippen LogP contribution in [0.2, 0.25) is 0 Å². The van der Waals surface area contributed by atoms with Crippen LogP contribution in [0, 0.1) is 0 Å². The normalized spacial score (nSPS) is 14.4. The largest absolute Gasteiger partial charge is 0.444 e. The van der Waals surface area contributed by atoms with Crippen LogP contribution in [0.3, 0.4) is 0 Å². The molecular formula is C28H30F6N4O8. The number of pyridine rings is 1. The lowest BCUT2D eigenvalue weighted by atomic mass is 10.0. The van der Waals surface area contributed by atoms with Gasteiger partial charge in [0.05, 0.1) is 31.1 Å². The third-order valence-electron chi connectivity index (χ3n) is 5.89. The number of rotatable bonds is 13. The molecule has 3 aromatic rings. The molecule has 2 atom stereocenters. The van der Waals surface area contributed by atoms with Gasteiger partial charge in [-0.1, -0.05) is 30.3 Å². The summed E-state index contributed by atoms with van der Waals surface area (Å²) in [5.74, 6) is -2.15. The Labute approximate surface area is 258 Å². The molecule has 0 bridgehead atoms. The topological polar surface area (TPSA) is 155 Å². The van der Waals surface area contributed by atoms with Crippen molar-refractivity contribution >= 4 is 18.1 Å². The number of hydrogen-bond donors (Lipinski definition) is 2. The van der Waals surface area contributed by atoms with Gasteiger partial charge in [0.15, 0.2) is 12.0 Å². The highest BCUT2D eigenvalue weighted by Gasteiger charge is 2.62. The van der Waals surface area contributed by atoms with E-state index in [9.17, 15) is 41.0 Å². The number of aliphatic hydroxyl groups excluding tert-OH is 1. The average molecular weight is 665 g/mol. The fraction of sp³-hybridized carbons (Fsp3) is 0.464. The van der Waals surface area contributed by atoms with Crippen molar-refractivity contribution in [1.82, 2.24) is 15.2 Å². The summed E-state index contributed by atoms with van der Waals surface area (Å²) in [5.41, 5.74) is -8.47. The Kier molecular flexibility index (Phi) is 11.5. The summed E-state index contributed by atoms with van der Waals surface area (Å²) in [6, 6.07) is 8.05. The SMILES string of the molecule is COC(O)c1nc(-c2nnc(C(COCCC=O)(OCc3ccccc3)C(F)(F)F)o2)c(NC(=O)OC(C)(C)C)cc1C(F)(F)F. The summed E-state index contributed by atoms with van der Waals surface area (Å²) >= 11 is 0. The molecule has 12 nitrogen and oxygen atoms in total. The molecule has 18 heteroatoms. The summed E-state index contributed by atoms with van der Waals surface area (Å²) in [5, 5.41) is 19.2. The second kappa shape index (κ2) is 14.5. The zero-order valence-corrected chi connectivity index (χ0v) is 24.9. The molecule has 2 N–H and O–H groups in total. The highest BCUT2D eigenvalue weighted by Crippen LogP contribution is 2.45. The number of anilines is 1. The Bertz CT molecular complexity index is 1480. The van der Waals surface area contributed by atoms with Gasteiger partial charge in [-0.15, -0.1) is 10.2 Å². The maximum atomic E-state index is 14.8. The third-order valence-corrected chi connectivity index (χ3v) is 5.89. The summed E-state index contributed by atoms with van der Waals surface area (Å²) in [6.07, 6.45) is -13.8. The number of benzene rings is 1. The lowest BCUT2D eigenvalue weighted by molar-refractivity contribution is -0.311. The van der Waals surface area contributed by atoms with Gasteiger partial charge in [0.1, 0.15) is 17.6 Å². The Morgan fingerprint density at radius 1 is 1.09 bits per heavy atom. The highest BCUT2D eigenvalue weighted by atomic mass is 19.4. The van der Waals surface area contributed by atoms with Gasteiger partial charge in [0.2, 0.25) is 0 Å². The second-order valence-electron chi connectivity index (χ2n) is 10.5. The number of amides is 1. The number of carbonyl (C=O) groups excluding carboxylic acids is 2. The molecule has 0 spiro atoms. The van der Waals surface area contributed by atoms with E-state index in [0.29, 0.717) is 17.9 Å². The molecule has 1 aromatic carbocycles. The molecule has 0 saturated carbocycles. The molecule has 0 aliphatic carbocycles. The van der Waals surface area contributed by atoms with Gasteiger partial charge in [0, 0.05) is 13.5 Å². The van der Waals surface area contributed by atoms with Gasteiger partial charge in [-0.2, -0.15) is 26.3 Å².